The molecule has 1 unspecified atom stereocenters. The Morgan fingerprint density at radius 2 is 2.18 bits per heavy atom. The maximum atomic E-state index is 6.22. The Morgan fingerprint density at radius 1 is 1.47 bits per heavy atom. The zero-order valence-corrected chi connectivity index (χ0v) is 12.0. The molecule has 0 radical (unpaired) electrons. The van der Waals surface area contributed by atoms with Gasteiger partial charge in [-0.25, -0.2) is 0 Å². The summed E-state index contributed by atoms with van der Waals surface area (Å²) in [6.45, 7) is 7.32. The van der Waals surface area contributed by atoms with Crippen LogP contribution in [0.2, 0.25) is 0 Å². The van der Waals surface area contributed by atoms with E-state index in [-0.39, 0.29) is 6.04 Å². The molecule has 5 heteroatoms. The molecule has 0 aliphatic rings. The summed E-state index contributed by atoms with van der Waals surface area (Å²) in [7, 11) is 1.66. The first-order chi connectivity index (χ1) is 8.10. The van der Waals surface area contributed by atoms with Gasteiger partial charge in [-0.15, -0.1) is 0 Å². The van der Waals surface area contributed by atoms with Gasteiger partial charge in [-0.1, -0.05) is 13.8 Å². The molecule has 1 aromatic heterocycles. The maximum absolute atomic E-state index is 6.22. The molecule has 17 heavy (non-hydrogen) atoms. The summed E-state index contributed by atoms with van der Waals surface area (Å²) in [6.07, 6.45) is 1.74. The highest BCUT2D eigenvalue weighted by Crippen LogP contribution is 2.26. The van der Waals surface area contributed by atoms with Crippen molar-refractivity contribution in [3.05, 3.63) is 11.9 Å². The van der Waals surface area contributed by atoms with E-state index in [1.165, 1.54) is 0 Å². The van der Waals surface area contributed by atoms with Gasteiger partial charge in [0.2, 0.25) is 0 Å². The van der Waals surface area contributed by atoms with Crippen LogP contribution in [0.5, 0.6) is 5.75 Å². The average molecular weight is 257 g/mol. The van der Waals surface area contributed by atoms with Crippen molar-refractivity contribution >= 4 is 11.8 Å². The number of thioether (sulfide) groups is 1. The smallest absolute Gasteiger partial charge is 0.161 e. The van der Waals surface area contributed by atoms with Gasteiger partial charge in [-0.3, -0.25) is 4.68 Å². The highest BCUT2D eigenvalue weighted by molar-refractivity contribution is 7.99. The molecule has 0 aliphatic carbocycles. The van der Waals surface area contributed by atoms with Gasteiger partial charge in [0.1, 0.15) is 0 Å². The van der Waals surface area contributed by atoms with Crippen LogP contribution in [-0.2, 0) is 6.54 Å². The highest BCUT2D eigenvalue weighted by Gasteiger charge is 2.18. The first kappa shape index (κ1) is 14.4. The summed E-state index contributed by atoms with van der Waals surface area (Å²) in [5.74, 6) is 3.53. The van der Waals surface area contributed by atoms with E-state index in [0.717, 1.165) is 29.5 Å². The third-order valence-corrected chi connectivity index (χ3v) is 3.96. The lowest BCUT2D eigenvalue weighted by Crippen LogP contribution is -2.19. The van der Waals surface area contributed by atoms with Crippen molar-refractivity contribution in [1.29, 1.82) is 0 Å². The number of methoxy groups -OCH3 is 1. The molecule has 2 N–H and O–H groups in total. The van der Waals surface area contributed by atoms with Crippen LogP contribution in [0.1, 0.15) is 32.5 Å². The number of aromatic nitrogens is 2. The van der Waals surface area contributed by atoms with E-state index in [1.54, 1.807) is 13.3 Å². The molecule has 1 rings (SSSR count). The lowest BCUT2D eigenvalue weighted by atomic mass is 10.2. The number of aryl methyl sites for hydroxylation is 1. The number of nitrogens with two attached hydrogens (primary N) is 1. The Balaban J connectivity index is 2.66. The SMILES string of the molecule is CCn1ncc(OC)c1C(N)CSCC(C)C. The average Bonchev–Trinajstić information content (AvgIpc) is 2.70. The first-order valence-electron chi connectivity index (χ1n) is 6.03. The van der Waals surface area contributed by atoms with Gasteiger partial charge in [0.05, 0.1) is 25.0 Å². The molecule has 0 bridgehead atoms. The van der Waals surface area contributed by atoms with E-state index in [0.29, 0.717) is 5.92 Å². The third-order valence-electron chi connectivity index (χ3n) is 2.46. The fourth-order valence-electron chi connectivity index (χ4n) is 1.67. The van der Waals surface area contributed by atoms with E-state index >= 15 is 0 Å². The minimum absolute atomic E-state index is 0.0175. The Kier molecular flexibility index (Phi) is 5.85. The molecule has 4 nitrogen and oxygen atoms in total. The minimum atomic E-state index is -0.0175. The van der Waals surface area contributed by atoms with Crippen LogP contribution < -0.4 is 10.5 Å². The molecule has 0 aromatic carbocycles. The Morgan fingerprint density at radius 3 is 2.71 bits per heavy atom. The van der Waals surface area contributed by atoms with Crippen LogP contribution in [0.4, 0.5) is 0 Å². The highest BCUT2D eigenvalue weighted by atomic mass is 32.2. The summed E-state index contributed by atoms with van der Waals surface area (Å²) in [4.78, 5) is 0. The van der Waals surface area contributed by atoms with E-state index < -0.39 is 0 Å². The van der Waals surface area contributed by atoms with E-state index in [9.17, 15) is 0 Å². The summed E-state index contributed by atoms with van der Waals surface area (Å²) < 4.78 is 7.22. The van der Waals surface area contributed by atoms with Crippen molar-refractivity contribution in [3.63, 3.8) is 0 Å². The molecule has 0 saturated carbocycles. The van der Waals surface area contributed by atoms with Gasteiger partial charge in [0, 0.05) is 12.3 Å². The van der Waals surface area contributed by atoms with Crippen molar-refractivity contribution < 1.29 is 4.74 Å². The Bertz CT molecular complexity index is 317. The topological polar surface area (TPSA) is 53.1 Å². The van der Waals surface area contributed by atoms with Crippen molar-refractivity contribution in [3.8, 4) is 5.75 Å². The summed E-state index contributed by atoms with van der Waals surface area (Å²) in [5, 5.41) is 4.27. The molecule has 1 heterocycles. The van der Waals surface area contributed by atoms with Gasteiger partial charge in [0.25, 0.3) is 0 Å². The van der Waals surface area contributed by atoms with Crippen LogP contribution in [0.15, 0.2) is 6.20 Å². The fraction of sp³-hybridized carbons (Fsp3) is 0.750. The summed E-state index contributed by atoms with van der Waals surface area (Å²) in [5.41, 5.74) is 7.22. The van der Waals surface area contributed by atoms with Crippen LogP contribution in [0, 0.1) is 5.92 Å². The molecule has 1 aromatic rings. The van der Waals surface area contributed by atoms with Gasteiger partial charge in [-0.05, 0) is 18.6 Å². The molecule has 0 spiro atoms. The number of rotatable bonds is 7. The molecule has 0 aliphatic heterocycles. The second-order valence-corrected chi connectivity index (χ2v) is 5.53. The van der Waals surface area contributed by atoms with E-state index in [4.69, 9.17) is 10.5 Å². The molecule has 1 atom stereocenters. The van der Waals surface area contributed by atoms with E-state index in [1.807, 2.05) is 16.4 Å². The second-order valence-electron chi connectivity index (χ2n) is 4.45. The number of ether oxygens (including phenoxy) is 1. The third kappa shape index (κ3) is 3.92. The van der Waals surface area contributed by atoms with Crippen LogP contribution in [0.3, 0.4) is 0 Å². The Hall–Kier alpha value is -0.680. The summed E-state index contributed by atoms with van der Waals surface area (Å²) >= 11 is 1.88. The Labute approximate surface area is 108 Å². The van der Waals surface area contributed by atoms with Crippen LogP contribution in [0.25, 0.3) is 0 Å². The summed E-state index contributed by atoms with van der Waals surface area (Å²) in [6, 6.07) is -0.0175. The lowest BCUT2D eigenvalue weighted by molar-refractivity contribution is 0.403. The minimum Gasteiger partial charge on any atom is -0.493 e. The lowest BCUT2D eigenvalue weighted by Gasteiger charge is -2.15. The molecular weight excluding hydrogens is 234 g/mol. The maximum Gasteiger partial charge on any atom is 0.161 e. The van der Waals surface area contributed by atoms with Gasteiger partial charge in [0.15, 0.2) is 5.75 Å². The number of hydrogen-bond acceptors (Lipinski definition) is 4. The first-order valence-corrected chi connectivity index (χ1v) is 7.18. The second kappa shape index (κ2) is 6.91. The normalized spacial score (nSPS) is 13.1. The quantitative estimate of drug-likeness (QED) is 0.814. The molecule has 98 valence electrons. The molecule has 0 amide bonds. The predicted octanol–water partition coefficient (Wildman–Crippen LogP) is 2.30. The molecule has 0 saturated heterocycles. The van der Waals surface area contributed by atoms with Gasteiger partial charge < -0.3 is 10.5 Å². The van der Waals surface area contributed by atoms with Gasteiger partial charge >= 0.3 is 0 Å². The monoisotopic (exact) mass is 257 g/mol. The number of nitrogens with zero attached hydrogens (tertiary/aromatic N) is 2. The van der Waals surface area contributed by atoms with Gasteiger partial charge in [-0.2, -0.15) is 16.9 Å². The van der Waals surface area contributed by atoms with E-state index in [2.05, 4.69) is 25.9 Å². The van der Waals surface area contributed by atoms with Crippen molar-refractivity contribution in [2.24, 2.45) is 11.7 Å². The predicted molar refractivity (Wildman–Crippen MR) is 73.5 cm³/mol. The zero-order valence-electron chi connectivity index (χ0n) is 11.1. The zero-order chi connectivity index (χ0) is 12.8. The standard InChI is InChI=1S/C12H23N3OS/c1-5-15-12(11(16-4)6-14-15)10(13)8-17-7-9(2)3/h6,9-10H,5,7-8,13H2,1-4H3. The van der Waals surface area contributed by atoms with Crippen molar-refractivity contribution in [2.45, 2.75) is 33.4 Å². The van der Waals surface area contributed by atoms with Crippen molar-refractivity contribution in [1.82, 2.24) is 9.78 Å². The number of hydrogen-bond donors (Lipinski definition) is 1. The van der Waals surface area contributed by atoms with Crippen LogP contribution in [-0.4, -0.2) is 28.4 Å². The molecular formula is C12H23N3OS. The van der Waals surface area contributed by atoms with Crippen LogP contribution >= 0.6 is 11.8 Å². The van der Waals surface area contributed by atoms with Crippen molar-refractivity contribution in [2.75, 3.05) is 18.6 Å². The largest absolute Gasteiger partial charge is 0.493 e. The molecule has 0 fully saturated rings. The fourth-order valence-corrected chi connectivity index (χ4v) is 2.69.